The van der Waals surface area contributed by atoms with Gasteiger partial charge in [-0.1, -0.05) is 12.1 Å². The standard InChI is InChI=1S/C20H23BN4O3.H2O/c1-13-17(21(27)28)3-2-4-18(13)24-20-19-15(5-7-22-20)9-14(10-23-19)11-25-8-6-16(26)12-25;/h2-5,7,9-10,16,26-28H,6,8,11-12H2,1H3,(H,22,24);1H2. The van der Waals surface area contributed by atoms with E-state index in [-0.39, 0.29) is 11.6 Å². The number of rotatable bonds is 5. The number of likely N-dealkylation sites (tertiary alicyclic amines) is 1. The van der Waals surface area contributed by atoms with Crippen molar-refractivity contribution in [2.75, 3.05) is 18.4 Å². The van der Waals surface area contributed by atoms with E-state index in [2.05, 4.69) is 26.3 Å². The molecule has 3 aromatic rings. The van der Waals surface area contributed by atoms with Gasteiger partial charge in [-0.3, -0.25) is 9.88 Å². The molecular formula is C20H25BN4O4. The second-order valence-corrected chi connectivity index (χ2v) is 7.27. The van der Waals surface area contributed by atoms with Crippen LogP contribution in [-0.2, 0) is 6.54 Å². The number of hydrogen-bond donors (Lipinski definition) is 4. The fraction of sp³-hybridized carbons (Fsp3) is 0.300. The molecule has 1 atom stereocenters. The van der Waals surface area contributed by atoms with Gasteiger partial charge in [-0.25, -0.2) is 4.98 Å². The lowest BCUT2D eigenvalue weighted by molar-refractivity contribution is 0.175. The van der Waals surface area contributed by atoms with Crippen LogP contribution in [0.15, 0.2) is 42.7 Å². The molecule has 152 valence electrons. The highest BCUT2D eigenvalue weighted by Gasteiger charge is 2.20. The van der Waals surface area contributed by atoms with Gasteiger partial charge in [0.05, 0.1) is 6.10 Å². The maximum atomic E-state index is 9.70. The van der Waals surface area contributed by atoms with E-state index in [1.807, 2.05) is 25.3 Å². The predicted octanol–water partition coefficient (Wildman–Crippen LogP) is 0.104. The molecule has 1 fully saturated rings. The lowest BCUT2D eigenvalue weighted by Gasteiger charge is -2.16. The van der Waals surface area contributed by atoms with Crippen molar-refractivity contribution in [3.05, 3.63) is 53.9 Å². The van der Waals surface area contributed by atoms with Crippen molar-refractivity contribution in [3.8, 4) is 0 Å². The molecule has 0 spiro atoms. The summed E-state index contributed by atoms with van der Waals surface area (Å²) < 4.78 is 0. The highest BCUT2D eigenvalue weighted by Crippen LogP contribution is 2.25. The van der Waals surface area contributed by atoms with E-state index in [9.17, 15) is 15.2 Å². The first kappa shape index (κ1) is 21.2. The summed E-state index contributed by atoms with van der Waals surface area (Å²) >= 11 is 0. The molecular weight excluding hydrogens is 371 g/mol. The lowest BCUT2D eigenvalue weighted by atomic mass is 9.77. The van der Waals surface area contributed by atoms with Crippen LogP contribution < -0.4 is 10.8 Å². The third-order valence-electron chi connectivity index (χ3n) is 5.22. The van der Waals surface area contributed by atoms with Gasteiger partial charge in [0.25, 0.3) is 0 Å². The van der Waals surface area contributed by atoms with Gasteiger partial charge in [0.1, 0.15) is 5.52 Å². The summed E-state index contributed by atoms with van der Waals surface area (Å²) in [5.41, 5.74) is 3.80. The minimum atomic E-state index is -1.52. The molecule has 2 aromatic heterocycles. The maximum absolute atomic E-state index is 9.70. The molecule has 9 heteroatoms. The third kappa shape index (κ3) is 4.55. The molecule has 0 bridgehead atoms. The summed E-state index contributed by atoms with van der Waals surface area (Å²) in [7, 11) is -1.52. The fourth-order valence-electron chi connectivity index (χ4n) is 3.69. The van der Waals surface area contributed by atoms with Crippen molar-refractivity contribution in [1.82, 2.24) is 14.9 Å². The summed E-state index contributed by atoms with van der Waals surface area (Å²) in [5, 5.41) is 33.0. The van der Waals surface area contributed by atoms with Gasteiger partial charge in [0.2, 0.25) is 0 Å². The van der Waals surface area contributed by atoms with E-state index in [0.717, 1.165) is 47.2 Å². The number of fused-ring (bicyclic) bond motifs is 1. The Hall–Kier alpha value is -2.56. The Morgan fingerprint density at radius 3 is 2.79 bits per heavy atom. The molecule has 3 heterocycles. The molecule has 0 amide bonds. The van der Waals surface area contributed by atoms with E-state index in [1.165, 1.54) is 0 Å². The lowest BCUT2D eigenvalue weighted by Crippen LogP contribution is -2.32. The molecule has 4 rings (SSSR count). The Balaban J connectivity index is 0.00000240. The summed E-state index contributed by atoms with van der Waals surface area (Å²) in [6.07, 6.45) is 4.17. The number of aliphatic hydroxyl groups is 1. The monoisotopic (exact) mass is 396 g/mol. The third-order valence-corrected chi connectivity index (χ3v) is 5.22. The number of nitrogens with one attached hydrogen (secondary N) is 1. The van der Waals surface area contributed by atoms with Crippen LogP contribution in [-0.4, -0.2) is 61.8 Å². The summed E-state index contributed by atoms with van der Waals surface area (Å²) in [6, 6.07) is 9.35. The number of nitrogens with zero attached hydrogens (tertiary/aromatic N) is 3. The first-order valence-corrected chi connectivity index (χ1v) is 9.38. The predicted molar refractivity (Wildman–Crippen MR) is 113 cm³/mol. The Kier molecular flexibility index (Phi) is 6.46. The molecule has 29 heavy (non-hydrogen) atoms. The van der Waals surface area contributed by atoms with Gasteiger partial charge in [-0.2, -0.15) is 0 Å². The van der Waals surface area contributed by atoms with E-state index in [0.29, 0.717) is 17.8 Å². The summed E-state index contributed by atoms with van der Waals surface area (Å²) in [4.78, 5) is 11.3. The zero-order valence-electron chi connectivity index (χ0n) is 16.2. The number of anilines is 2. The number of β-amino-alcohol motifs (C(OH)–C–C–N with tert-alkyl or cyclic N) is 1. The number of benzene rings is 1. The van der Waals surface area contributed by atoms with Crippen LogP contribution in [0.3, 0.4) is 0 Å². The molecule has 0 saturated carbocycles. The zero-order valence-corrected chi connectivity index (χ0v) is 16.2. The minimum absolute atomic E-state index is 0. The van der Waals surface area contributed by atoms with Crippen LogP contribution in [0.4, 0.5) is 11.5 Å². The molecule has 1 aliphatic heterocycles. The molecule has 1 unspecified atom stereocenters. The van der Waals surface area contributed by atoms with Gasteiger partial charge in [0, 0.05) is 43.1 Å². The number of pyridine rings is 2. The molecule has 1 saturated heterocycles. The second kappa shape index (κ2) is 8.85. The van der Waals surface area contributed by atoms with E-state index in [1.54, 1.807) is 18.3 Å². The summed E-state index contributed by atoms with van der Waals surface area (Å²) in [5.74, 6) is 0.619. The number of aliphatic hydroxyl groups excluding tert-OH is 1. The highest BCUT2D eigenvalue weighted by atomic mass is 16.4. The Morgan fingerprint density at radius 1 is 1.24 bits per heavy atom. The van der Waals surface area contributed by atoms with Crippen molar-refractivity contribution >= 4 is 35.0 Å². The van der Waals surface area contributed by atoms with Crippen LogP contribution in [0.2, 0.25) is 0 Å². The van der Waals surface area contributed by atoms with Crippen LogP contribution in [0.5, 0.6) is 0 Å². The van der Waals surface area contributed by atoms with Gasteiger partial charge in [-0.05, 0) is 48.1 Å². The van der Waals surface area contributed by atoms with E-state index in [4.69, 9.17) is 0 Å². The number of hydrogen-bond acceptors (Lipinski definition) is 7. The minimum Gasteiger partial charge on any atom is -0.423 e. The molecule has 8 nitrogen and oxygen atoms in total. The van der Waals surface area contributed by atoms with Gasteiger partial charge < -0.3 is 25.9 Å². The molecule has 1 aromatic carbocycles. The van der Waals surface area contributed by atoms with Crippen molar-refractivity contribution in [2.45, 2.75) is 26.0 Å². The first-order chi connectivity index (χ1) is 13.5. The van der Waals surface area contributed by atoms with Crippen molar-refractivity contribution < 1.29 is 20.6 Å². The smallest absolute Gasteiger partial charge is 0.423 e. The molecule has 1 aliphatic rings. The highest BCUT2D eigenvalue weighted by molar-refractivity contribution is 6.59. The molecule has 6 N–H and O–H groups in total. The van der Waals surface area contributed by atoms with Crippen molar-refractivity contribution in [1.29, 1.82) is 0 Å². The SMILES string of the molecule is Cc1c(Nc2nccc3cc(CN4CCC(O)C4)cnc23)cccc1B(O)O.O. The maximum Gasteiger partial charge on any atom is 0.488 e. The topological polar surface area (TPSA) is 133 Å². The van der Waals surface area contributed by atoms with Gasteiger partial charge in [0.15, 0.2) is 5.82 Å². The molecule has 0 aliphatic carbocycles. The largest absolute Gasteiger partial charge is 0.488 e. The number of aromatic nitrogens is 2. The fourth-order valence-corrected chi connectivity index (χ4v) is 3.69. The van der Waals surface area contributed by atoms with E-state index < -0.39 is 7.12 Å². The van der Waals surface area contributed by atoms with Crippen LogP contribution in [0, 0.1) is 6.92 Å². The molecule has 0 radical (unpaired) electrons. The van der Waals surface area contributed by atoms with Gasteiger partial charge in [-0.15, -0.1) is 0 Å². The normalized spacial score (nSPS) is 16.6. The van der Waals surface area contributed by atoms with Crippen LogP contribution in [0.25, 0.3) is 10.9 Å². The Bertz CT molecular complexity index is 1000. The van der Waals surface area contributed by atoms with E-state index >= 15 is 0 Å². The quantitative estimate of drug-likeness (QED) is 0.450. The second-order valence-electron chi connectivity index (χ2n) is 7.27. The van der Waals surface area contributed by atoms with Crippen LogP contribution >= 0.6 is 0 Å². The Morgan fingerprint density at radius 2 is 2.07 bits per heavy atom. The first-order valence-electron chi connectivity index (χ1n) is 9.38. The van der Waals surface area contributed by atoms with Crippen molar-refractivity contribution in [2.24, 2.45) is 0 Å². The van der Waals surface area contributed by atoms with Gasteiger partial charge >= 0.3 is 7.12 Å². The average molecular weight is 396 g/mol. The average Bonchev–Trinajstić information content (AvgIpc) is 3.08. The van der Waals surface area contributed by atoms with Crippen LogP contribution in [0.1, 0.15) is 17.5 Å². The Labute approximate surface area is 169 Å². The summed E-state index contributed by atoms with van der Waals surface area (Å²) in [6.45, 7) is 4.20. The van der Waals surface area contributed by atoms with Crippen molar-refractivity contribution in [3.63, 3.8) is 0 Å². The zero-order chi connectivity index (χ0) is 19.7.